The molecular formula is C32H44N10O7S2. The van der Waals surface area contributed by atoms with Gasteiger partial charge in [0.2, 0.25) is 41.4 Å². The van der Waals surface area contributed by atoms with Gasteiger partial charge in [-0.3, -0.25) is 33.6 Å². The second-order valence-corrected chi connectivity index (χ2v) is 14.3. The van der Waals surface area contributed by atoms with E-state index in [9.17, 15) is 33.6 Å². The van der Waals surface area contributed by atoms with Crippen LogP contribution in [0.25, 0.3) is 10.1 Å². The minimum absolute atomic E-state index is 0.0235. The Balaban J connectivity index is 1.62. The molecule has 4 heterocycles. The van der Waals surface area contributed by atoms with Gasteiger partial charge in [0.25, 0.3) is 0 Å². The molecule has 6 atom stereocenters. The van der Waals surface area contributed by atoms with Crippen molar-refractivity contribution in [3.05, 3.63) is 35.9 Å². The minimum atomic E-state index is -1.16. The highest BCUT2D eigenvalue weighted by Crippen LogP contribution is 2.35. The van der Waals surface area contributed by atoms with E-state index >= 15 is 0 Å². The number of aromatic nitrogens is 3. The van der Waals surface area contributed by atoms with Crippen LogP contribution in [0.3, 0.4) is 0 Å². The lowest BCUT2D eigenvalue weighted by Gasteiger charge is -2.24. The lowest BCUT2D eigenvalue weighted by Crippen LogP contribution is -2.58. The molecule has 0 fully saturated rings. The van der Waals surface area contributed by atoms with Crippen LogP contribution in [0.2, 0.25) is 0 Å². The number of imidazole rings is 1. The lowest BCUT2D eigenvalue weighted by molar-refractivity contribution is -0.134. The number of nitrogens with one attached hydrogen (secondary N) is 7. The van der Waals surface area contributed by atoms with Crippen LogP contribution in [-0.4, -0.2) is 97.9 Å². The molecular weight excluding hydrogens is 701 g/mol. The van der Waals surface area contributed by atoms with Crippen molar-refractivity contribution < 1.29 is 33.6 Å². The number of rotatable bonds is 6. The van der Waals surface area contributed by atoms with E-state index in [0.717, 1.165) is 15.1 Å². The minimum Gasteiger partial charge on any atom is -0.368 e. The number of carbonyl (C=O) groups excluding carboxylic acids is 7. The fourth-order valence-corrected chi connectivity index (χ4v) is 7.61. The largest absolute Gasteiger partial charge is 0.368 e. The van der Waals surface area contributed by atoms with Crippen LogP contribution in [0, 0.1) is 0 Å². The molecule has 51 heavy (non-hydrogen) atoms. The molecule has 0 saturated heterocycles. The first-order valence-corrected chi connectivity index (χ1v) is 18.3. The maximum absolute atomic E-state index is 13.7. The van der Waals surface area contributed by atoms with Gasteiger partial charge in [-0.15, -0.1) is 23.1 Å². The highest BCUT2D eigenvalue weighted by atomic mass is 32.2. The lowest BCUT2D eigenvalue weighted by atomic mass is 10.1. The van der Waals surface area contributed by atoms with Crippen molar-refractivity contribution in [3.63, 3.8) is 0 Å². The average Bonchev–Trinajstić information content (AvgIpc) is 3.82. The molecule has 0 saturated carbocycles. The van der Waals surface area contributed by atoms with Crippen LogP contribution in [0.15, 0.2) is 35.2 Å². The maximum atomic E-state index is 13.7. The van der Waals surface area contributed by atoms with Gasteiger partial charge in [0.05, 0.1) is 21.7 Å². The molecule has 0 bridgehead atoms. The fraction of sp³-hybridized carbons (Fsp3) is 0.500. The normalized spacial score (nSPS) is 23.7. The Kier molecular flexibility index (Phi) is 13.6. The Bertz CT molecular complexity index is 1740. The number of hydrogen-bond donors (Lipinski definition) is 8. The summed E-state index contributed by atoms with van der Waals surface area (Å²) in [6.45, 7) is 6.15. The summed E-state index contributed by atoms with van der Waals surface area (Å²) in [5.74, 6) is -4.35. The van der Waals surface area contributed by atoms with Gasteiger partial charge in [0, 0.05) is 43.4 Å². The first-order valence-electron chi connectivity index (χ1n) is 16.5. The van der Waals surface area contributed by atoms with Crippen molar-refractivity contribution in [2.45, 2.75) is 101 Å². The molecule has 3 aromatic heterocycles. The van der Waals surface area contributed by atoms with Crippen LogP contribution in [0.4, 0.5) is 0 Å². The second kappa shape index (κ2) is 17.8. The van der Waals surface area contributed by atoms with Gasteiger partial charge >= 0.3 is 0 Å². The molecule has 1 aliphatic heterocycles. The summed E-state index contributed by atoms with van der Waals surface area (Å²) in [6.07, 6.45) is 6.51. The quantitative estimate of drug-likeness (QED) is 0.161. The molecule has 0 spiro atoms. The molecule has 276 valence electrons. The van der Waals surface area contributed by atoms with Gasteiger partial charge in [-0.2, -0.15) is 0 Å². The van der Waals surface area contributed by atoms with Crippen LogP contribution in [-0.2, 0) is 46.5 Å². The van der Waals surface area contributed by atoms with Gasteiger partial charge in [0.15, 0.2) is 0 Å². The molecule has 0 aliphatic carbocycles. The van der Waals surface area contributed by atoms with Crippen molar-refractivity contribution in [3.8, 4) is 0 Å². The van der Waals surface area contributed by atoms with E-state index in [1.165, 1.54) is 57.1 Å². The smallest absolute Gasteiger partial charge is 0.244 e. The summed E-state index contributed by atoms with van der Waals surface area (Å²) in [4.78, 5) is 97.2. The molecule has 9 N–H and O–H groups in total. The molecule has 7 amide bonds. The summed E-state index contributed by atoms with van der Waals surface area (Å²) in [5.41, 5.74) is 6.11. The van der Waals surface area contributed by atoms with E-state index in [0.29, 0.717) is 31.5 Å². The third-order valence-corrected chi connectivity index (χ3v) is 10.5. The Labute approximate surface area is 302 Å². The molecule has 0 unspecified atom stereocenters. The fourth-order valence-electron chi connectivity index (χ4n) is 5.35. The van der Waals surface area contributed by atoms with Crippen molar-refractivity contribution >= 4 is 74.5 Å². The molecule has 19 heteroatoms. The van der Waals surface area contributed by atoms with E-state index in [1.807, 2.05) is 22.2 Å². The van der Waals surface area contributed by atoms with Crippen molar-refractivity contribution in [2.75, 3.05) is 5.75 Å². The topological polar surface area (TPSA) is 251 Å². The monoisotopic (exact) mass is 744 g/mol. The number of nitrogens with zero attached hydrogens (tertiary/aromatic N) is 2. The van der Waals surface area contributed by atoms with Crippen LogP contribution in [0.5, 0.6) is 0 Å². The van der Waals surface area contributed by atoms with E-state index in [-0.39, 0.29) is 12.2 Å². The predicted molar refractivity (Wildman–Crippen MR) is 190 cm³/mol. The maximum Gasteiger partial charge on any atom is 0.244 e. The summed E-state index contributed by atoms with van der Waals surface area (Å²) >= 11 is 2.86. The standard InChI is InChI=1S/C32H44N10O7S2/c1-16-27(45)37-18(3)29(47)41-24(31(49)40-23(26(33)44)11-21-12-34-15-35-21)14-51-32-25-20(8-10-50-25)13-42(32)9-6-5-7-22(39-19(4)43)30(48)38-17(2)28(46)36-16/h8,10,12-13,15-18,22-24H,5-7,9,11,14H2,1-4H3,(H2,33,44)(H,34,35)(H,36,46)(H,37,45)(H,38,48)(H,39,43)(H,40,49)(H,41,47)/t16-,17-,18-,22-,23-,24-/m0/s1. The number of amides is 7. The van der Waals surface area contributed by atoms with E-state index in [4.69, 9.17) is 5.73 Å². The predicted octanol–water partition coefficient (Wildman–Crippen LogP) is -0.582. The van der Waals surface area contributed by atoms with Crippen LogP contribution < -0.4 is 37.6 Å². The Hall–Kier alpha value is -4.91. The summed E-state index contributed by atoms with van der Waals surface area (Å²) in [7, 11) is 0. The van der Waals surface area contributed by atoms with Gasteiger partial charge in [0.1, 0.15) is 36.3 Å². The molecule has 0 radical (unpaired) electrons. The molecule has 0 aromatic carbocycles. The zero-order chi connectivity index (χ0) is 37.2. The SMILES string of the molecule is CC(=O)N[C@H]1CCCCn2cc3ccsc3c2SC[C@@H](C(=O)N[C@@H](Cc2c[nH]cn2)C(N)=O)NC(=O)[C@H](C)NC(=O)[C@H](C)NC(=O)[C@H](C)NC1=O. The van der Waals surface area contributed by atoms with Gasteiger partial charge < -0.3 is 47.2 Å². The Morgan fingerprint density at radius 3 is 2.24 bits per heavy atom. The summed E-state index contributed by atoms with van der Waals surface area (Å²) in [5, 5.41) is 19.4. The van der Waals surface area contributed by atoms with Crippen molar-refractivity contribution in [1.29, 1.82) is 0 Å². The number of thiophene rings is 1. The highest BCUT2D eigenvalue weighted by Gasteiger charge is 2.31. The van der Waals surface area contributed by atoms with Crippen LogP contribution in [0.1, 0.15) is 52.7 Å². The number of carbonyl (C=O) groups is 7. The molecule has 4 rings (SSSR count). The number of primary amides is 1. The van der Waals surface area contributed by atoms with Crippen molar-refractivity contribution in [2.24, 2.45) is 5.73 Å². The Morgan fingerprint density at radius 1 is 0.980 bits per heavy atom. The first-order chi connectivity index (χ1) is 24.2. The number of aromatic amines is 1. The second-order valence-electron chi connectivity index (χ2n) is 12.4. The van der Waals surface area contributed by atoms with E-state index in [1.54, 1.807) is 6.20 Å². The first kappa shape index (κ1) is 38.9. The third-order valence-electron chi connectivity index (χ3n) is 8.19. The number of aryl methyl sites for hydroxylation is 1. The zero-order valence-corrected chi connectivity index (χ0v) is 30.4. The highest BCUT2D eigenvalue weighted by molar-refractivity contribution is 7.99. The van der Waals surface area contributed by atoms with Crippen molar-refractivity contribution in [1.82, 2.24) is 46.4 Å². The average molecular weight is 745 g/mol. The van der Waals surface area contributed by atoms with E-state index in [2.05, 4.69) is 41.9 Å². The molecule has 17 nitrogen and oxygen atoms in total. The molecule has 3 aromatic rings. The van der Waals surface area contributed by atoms with Crippen LogP contribution >= 0.6 is 23.1 Å². The number of nitrogens with two attached hydrogens (primary N) is 1. The zero-order valence-electron chi connectivity index (χ0n) is 28.7. The Morgan fingerprint density at radius 2 is 1.63 bits per heavy atom. The van der Waals surface area contributed by atoms with Gasteiger partial charge in [-0.1, -0.05) is 0 Å². The van der Waals surface area contributed by atoms with E-state index < -0.39 is 77.6 Å². The summed E-state index contributed by atoms with van der Waals surface area (Å²) in [6, 6.07) is -4.46. The summed E-state index contributed by atoms with van der Waals surface area (Å²) < 4.78 is 3.02. The number of H-pyrrole nitrogens is 1. The number of fused-ring (bicyclic) bond motifs is 3. The number of thioether (sulfide) groups is 1. The third kappa shape index (κ3) is 10.8. The van der Waals surface area contributed by atoms with Gasteiger partial charge in [-0.25, -0.2) is 4.98 Å². The number of hydrogen-bond acceptors (Lipinski definition) is 10. The molecule has 1 aliphatic rings. The van der Waals surface area contributed by atoms with Gasteiger partial charge in [-0.05, 0) is 51.5 Å².